The minimum absolute atomic E-state index is 0.0749. The topological polar surface area (TPSA) is 68.1 Å². The molecule has 104 valence electrons. The second kappa shape index (κ2) is 5.55. The number of nitro groups is 1. The fourth-order valence-electron chi connectivity index (χ4n) is 3.06. The first-order chi connectivity index (χ1) is 8.95. The lowest BCUT2D eigenvalue weighted by atomic mass is 9.80. The van der Waals surface area contributed by atoms with Crippen molar-refractivity contribution < 1.29 is 4.92 Å². The van der Waals surface area contributed by atoms with Gasteiger partial charge in [0.25, 0.3) is 0 Å². The summed E-state index contributed by atoms with van der Waals surface area (Å²) in [6.45, 7) is 6.29. The molecule has 0 saturated heterocycles. The molecule has 19 heavy (non-hydrogen) atoms. The van der Waals surface area contributed by atoms with Crippen molar-refractivity contribution in [1.82, 2.24) is 4.98 Å². The summed E-state index contributed by atoms with van der Waals surface area (Å²) in [6, 6.07) is 1.86. The summed E-state index contributed by atoms with van der Waals surface area (Å²) in [4.78, 5) is 14.9. The predicted molar refractivity (Wildman–Crippen MR) is 75.2 cm³/mol. The number of anilines is 1. The van der Waals surface area contributed by atoms with Crippen molar-refractivity contribution in [3.8, 4) is 0 Å². The minimum atomic E-state index is -0.363. The van der Waals surface area contributed by atoms with Gasteiger partial charge in [0, 0.05) is 18.3 Å². The zero-order valence-electron chi connectivity index (χ0n) is 11.7. The standard InChI is InChI=1S/C14H21N3O2/c1-9-4-10(2)6-12(5-9)16-14-13(17(18)19)7-11(3)8-15-14/h7-10,12H,4-6H2,1-3H3,(H,15,16). The second-order valence-corrected chi connectivity index (χ2v) is 5.90. The monoisotopic (exact) mass is 263 g/mol. The average molecular weight is 263 g/mol. The summed E-state index contributed by atoms with van der Waals surface area (Å²) in [5.74, 6) is 1.72. The van der Waals surface area contributed by atoms with Crippen LogP contribution < -0.4 is 5.32 Å². The van der Waals surface area contributed by atoms with Crippen LogP contribution in [0.1, 0.15) is 38.7 Å². The predicted octanol–water partition coefficient (Wildman–Crippen LogP) is 3.53. The number of hydrogen-bond donors (Lipinski definition) is 1. The number of aromatic nitrogens is 1. The summed E-state index contributed by atoms with van der Waals surface area (Å²) in [7, 11) is 0. The van der Waals surface area contributed by atoms with Gasteiger partial charge in [0.2, 0.25) is 5.82 Å². The van der Waals surface area contributed by atoms with E-state index in [9.17, 15) is 10.1 Å². The Morgan fingerprint density at radius 1 is 1.32 bits per heavy atom. The highest BCUT2D eigenvalue weighted by Gasteiger charge is 2.26. The first kappa shape index (κ1) is 13.8. The van der Waals surface area contributed by atoms with Crippen molar-refractivity contribution in [2.75, 3.05) is 5.32 Å². The first-order valence-electron chi connectivity index (χ1n) is 6.83. The lowest BCUT2D eigenvalue weighted by Crippen LogP contribution is -2.30. The first-order valence-corrected chi connectivity index (χ1v) is 6.83. The van der Waals surface area contributed by atoms with Gasteiger partial charge in [0.05, 0.1) is 4.92 Å². The van der Waals surface area contributed by atoms with E-state index in [1.54, 1.807) is 12.3 Å². The molecule has 1 aromatic rings. The Labute approximate surface area is 113 Å². The Morgan fingerprint density at radius 3 is 2.53 bits per heavy atom. The van der Waals surface area contributed by atoms with Crippen LogP contribution in [0.3, 0.4) is 0 Å². The molecule has 2 rings (SSSR count). The number of pyridine rings is 1. The molecule has 0 bridgehead atoms. The molecular weight excluding hydrogens is 242 g/mol. The van der Waals surface area contributed by atoms with Crippen LogP contribution in [0.5, 0.6) is 0 Å². The Hall–Kier alpha value is -1.65. The smallest absolute Gasteiger partial charge is 0.311 e. The van der Waals surface area contributed by atoms with Gasteiger partial charge in [-0.1, -0.05) is 13.8 Å². The van der Waals surface area contributed by atoms with E-state index in [4.69, 9.17) is 0 Å². The van der Waals surface area contributed by atoms with E-state index in [-0.39, 0.29) is 16.7 Å². The summed E-state index contributed by atoms with van der Waals surface area (Å²) < 4.78 is 0. The normalized spacial score (nSPS) is 27.0. The van der Waals surface area contributed by atoms with E-state index >= 15 is 0 Å². The maximum atomic E-state index is 11.1. The molecule has 1 saturated carbocycles. The molecule has 1 fully saturated rings. The molecule has 0 amide bonds. The highest BCUT2D eigenvalue weighted by molar-refractivity contribution is 5.57. The van der Waals surface area contributed by atoms with Gasteiger partial charge in [-0.3, -0.25) is 10.1 Å². The molecule has 1 aliphatic rings. The number of aryl methyl sites for hydroxylation is 1. The van der Waals surface area contributed by atoms with Gasteiger partial charge in [-0.15, -0.1) is 0 Å². The highest BCUT2D eigenvalue weighted by atomic mass is 16.6. The van der Waals surface area contributed by atoms with Crippen LogP contribution in [-0.2, 0) is 0 Å². The maximum absolute atomic E-state index is 11.1. The molecule has 0 aliphatic heterocycles. The Balaban J connectivity index is 2.16. The number of nitrogens with one attached hydrogen (secondary N) is 1. The quantitative estimate of drug-likeness (QED) is 0.669. The maximum Gasteiger partial charge on any atom is 0.311 e. The summed E-state index contributed by atoms with van der Waals surface area (Å²) >= 11 is 0. The summed E-state index contributed by atoms with van der Waals surface area (Å²) in [5.41, 5.74) is 0.883. The van der Waals surface area contributed by atoms with Gasteiger partial charge in [-0.05, 0) is 43.6 Å². The van der Waals surface area contributed by atoms with E-state index in [1.165, 1.54) is 6.42 Å². The van der Waals surface area contributed by atoms with Gasteiger partial charge in [-0.2, -0.15) is 0 Å². The van der Waals surface area contributed by atoms with Crippen LogP contribution in [0.4, 0.5) is 11.5 Å². The van der Waals surface area contributed by atoms with E-state index in [2.05, 4.69) is 24.1 Å². The lowest BCUT2D eigenvalue weighted by molar-refractivity contribution is -0.384. The molecule has 1 heterocycles. The van der Waals surface area contributed by atoms with Gasteiger partial charge < -0.3 is 5.32 Å². The molecule has 0 aromatic carbocycles. The van der Waals surface area contributed by atoms with E-state index in [1.807, 2.05) is 6.92 Å². The molecule has 5 heteroatoms. The van der Waals surface area contributed by atoms with Crippen LogP contribution in [-0.4, -0.2) is 15.9 Å². The number of nitrogens with zero attached hydrogens (tertiary/aromatic N) is 2. The zero-order valence-corrected chi connectivity index (χ0v) is 11.7. The van der Waals surface area contributed by atoms with Gasteiger partial charge in [0.15, 0.2) is 0 Å². The van der Waals surface area contributed by atoms with Gasteiger partial charge in [0.1, 0.15) is 0 Å². The molecule has 0 spiro atoms. The molecule has 2 atom stereocenters. The third kappa shape index (κ3) is 3.43. The minimum Gasteiger partial charge on any atom is -0.362 e. The van der Waals surface area contributed by atoms with Crippen LogP contribution in [0, 0.1) is 28.9 Å². The largest absolute Gasteiger partial charge is 0.362 e. The van der Waals surface area contributed by atoms with Gasteiger partial charge >= 0.3 is 5.69 Å². The average Bonchev–Trinajstić information content (AvgIpc) is 2.30. The molecule has 1 aromatic heterocycles. The van der Waals surface area contributed by atoms with Crippen molar-refractivity contribution in [3.05, 3.63) is 27.9 Å². The molecule has 5 nitrogen and oxygen atoms in total. The van der Waals surface area contributed by atoms with Crippen molar-refractivity contribution in [1.29, 1.82) is 0 Å². The number of rotatable bonds is 3. The van der Waals surface area contributed by atoms with Crippen LogP contribution in [0.2, 0.25) is 0 Å². The van der Waals surface area contributed by atoms with Crippen LogP contribution >= 0.6 is 0 Å². The second-order valence-electron chi connectivity index (χ2n) is 5.90. The van der Waals surface area contributed by atoms with Crippen molar-refractivity contribution in [3.63, 3.8) is 0 Å². The Kier molecular flexibility index (Phi) is 4.02. The van der Waals surface area contributed by atoms with Crippen LogP contribution in [0.25, 0.3) is 0 Å². The van der Waals surface area contributed by atoms with Gasteiger partial charge in [-0.25, -0.2) is 4.98 Å². The fourth-order valence-corrected chi connectivity index (χ4v) is 3.06. The molecular formula is C14H21N3O2. The lowest BCUT2D eigenvalue weighted by Gasteiger charge is -2.32. The molecule has 1 N–H and O–H groups in total. The molecule has 2 unspecified atom stereocenters. The number of hydrogen-bond acceptors (Lipinski definition) is 4. The molecule has 1 aliphatic carbocycles. The zero-order chi connectivity index (χ0) is 14.0. The SMILES string of the molecule is Cc1cnc(NC2CC(C)CC(C)C2)c([N+](=O)[O-])c1. The fraction of sp³-hybridized carbons (Fsp3) is 0.643. The Morgan fingerprint density at radius 2 is 1.95 bits per heavy atom. The highest BCUT2D eigenvalue weighted by Crippen LogP contribution is 2.32. The van der Waals surface area contributed by atoms with Crippen molar-refractivity contribution in [2.45, 2.75) is 46.1 Å². The van der Waals surface area contributed by atoms with E-state index < -0.39 is 0 Å². The summed E-state index contributed by atoms with van der Waals surface area (Å²) in [5, 5.41) is 14.3. The Bertz CT molecular complexity index is 466. The molecule has 0 radical (unpaired) electrons. The third-order valence-electron chi connectivity index (χ3n) is 3.72. The van der Waals surface area contributed by atoms with Crippen molar-refractivity contribution >= 4 is 11.5 Å². The van der Waals surface area contributed by atoms with E-state index in [0.29, 0.717) is 17.7 Å². The summed E-state index contributed by atoms with van der Waals surface area (Å²) in [6.07, 6.45) is 5.01. The van der Waals surface area contributed by atoms with E-state index in [0.717, 1.165) is 18.4 Å². The third-order valence-corrected chi connectivity index (χ3v) is 3.72. The van der Waals surface area contributed by atoms with Crippen molar-refractivity contribution in [2.24, 2.45) is 11.8 Å². The van der Waals surface area contributed by atoms with Crippen LogP contribution in [0.15, 0.2) is 12.3 Å².